The zero-order valence-corrected chi connectivity index (χ0v) is 9.93. The van der Waals surface area contributed by atoms with Gasteiger partial charge < -0.3 is 4.74 Å². The molecule has 0 atom stereocenters. The molecular weight excluding hydrogens is 271 g/mol. The molecule has 0 heterocycles. The Bertz CT molecular complexity index is 459. The van der Waals surface area contributed by atoms with Crippen molar-refractivity contribution < 1.29 is 31.5 Å². The Kier molecular flexibility index (Phi) is 4.99. The van der Waals surface area contributed by atoms with E-state index in [-0.39, 0.29) is 11.1 Å². The van der Waals surface area contributed by atoms with Gasteiger partial charge in [-0.1, -0.05) is 0 Å². The lowest BCUT2D eigenvalue weighted by molar-refractivity contribution is -0.163. The van der Waals surface area contributed by atoms with Crippen LogP contribution in [0.3, 0.4) is 0 Å². The van der Waals surface area contributed by atoms with Crippen molar-refractivity contribution in [2.24, 2.45) is 0 Å². The second-order valence-electron chi connectivity index (χ2n) is 3.94. The average molecular weight is 282 g/mol. The summed E-state index contributed by atoms with van der Waals surface area (Å²) in [5.41, 5.74) is 0.281. The first kappa shape index (κ1) is 15.6. The molecule has 106 valence electrons. The van der Waals surface area contributed by atoms with E-state index in [1.165, 1.54) is 19.1 Å². The van der Waals surface area contributed by atoms with E-state index >= 15 is 0 Å². The first-order valence-corrected chi connectivity index (χ1v) is 5.27. The minimum absolute atomic E-state index is 0.0688. The summed E-state index contributed by atoms with van der Waals surface area (Å²) in [6, 6.07) is 3.45. The van der Waals surface area contributed by atoms with Crippen LogP contribution in [0.1, 0.15) is 15.9 Å². The normalized spacial score (nSPS) is 11.9. The second-order valence-corrected chi connectivity index (χ2v) is 3.94. The Hall–Kier alpha value is -1.50. The van der Waals surface area contributed by atoms with Crippen LogP contribution in [-0.4, -0.2) is 31.3 Å². The molecule has 0 aliphatic rings. The molecule has 0 unspecified atom stereocenters. The maximum atomic E-state index is 12.9. The highest BCUT2D eigenvalue weighted by Gasteiger charge is 2.41. The van der Waals surface area contributed by atoms with Gasteiger partial charge in [-0.15, -0.1) is 0 Å². The van der Waals surface area contributed by atoms with Gasteiger partial charge in [-0.2, -0.15) is 8.78 Å². The lowest BCUT2D eigenvalue weighted by Gasteiger charge is -2.14. The van der Waals surface area contributed by atoms with Crippen LogP contribution in [0.2, 0.25) is 0 Å². The highest BCUT2D eigenvalue weighted by Crippen LogP contribution is 2.22. The number of Topliss-reactive ketones (excluding diaryl/α,β-unsaturated/α-hetero) is 1. The SMILES string of the molecule is Cc1cc(C(=O)COCC(F)(F)C(F)F)ccc1F. The molecule has 1 aromatic carbocycles. The van der Waals surface area contributed by atoms with Crippen molar-refractivity contribution in [2.45, 2.75) is 19.3 Å². The van der Waals surface area contributed by atoms with Gasteiger partial charge in [-0.3, -0.25) is 4.79 Å². The average Bonchev–Trinajstić information content (AvgIpc) is 2.32. The predicted octanol–water partition coefficient (Wildman–Crippen LogP) is 3.23. The molecule has 0 bridgehead atoms. The van der Waals surface area contributed by atoms with E-state index in [2.05, 4.69) is 4.74 Å². The van der Waals surface area contributed by atoms with Crippen LogP contribution < -0.4 is 0 Å². The number of alkyl halides is 4. The number of carbonyl (C=O) groups is 1. The molecule has 7 heteroatoms. The summed E-state index contributed by atoms with van der Waals surface area (Å²) >= 11 is 0. The Labute approximate surface area is 106 Å². The molecule has 0 N–H and O–H groups in total. The summed E-state index contributed by atoms with van der Waals surface area (Å²) in [7, 11) is 0. The molecule has 1 aromatic rings. The molecule has 0 saturated carbocycles. The largest absolute Gasteiger partial charge is 0.367 e. The number of halogens is 5. The molecule has 0 amide bonds. The molecule has 1 rings (SSSR count). The third-order valence-electron chi connectivity index (χ3n) is 2.33. The van der Waals surface area contributed by atoms with Crippen LogP contribution in [0, 0.1) is 12.7 Å². The third kappa shape index (κ3) is 4.27. The van der Waals surface area contributed by atoms with E-state index in [1.54, 1.807) is 0 Å². The maximum Gasteiger partial charge on any atom is 0.330 e. The summed E-state index contributed by atoms with van der Waals surface area (Å²) in [4.78, 5) is 11.5. The smallest absolute Gasteiger partial charge is 0.330 e. The fourth-order valence-electron chi connectivity index (χ4n) is 1.24. The topological polar surface area (TPSA) is 26.3 Å². The molecule has 0 saturated heterocycles. The fourth-order valence-corrected chi connectivity index (χ4v) is 1.24. The number of benzene rings is 1. The number of ketones is 1. The molecule has 0 aromatic heterocycles. The zero-order valence-electron chi connectivity index (χ0n) is 9.93. The van der Waals surface area contributed by atoms with Crippen LogP contribution >= 0.6 is 0 Å². The summed E-state index contributed by atoms with van der Waals surface area (Å²) in [6.45, 7) is -0.887. The molecular formula is C12H11F5O2. The fraction of sp³-hybridized carbons (Fsp3) is 0.417. The quantitative estimate of drug-likeness (QED) is 0.591. The van der Waals surface area contributed by atoms with Gasteiger partial charge in [0.25, 0.3) is 0 Å². The van der Waals surface area contributed by atoms with Crippen LogP contribution in [0.15, 0.2) is 18.2 Å². The third-order valence-corrected chi connectivity index (χ3v) is 2.33. The van der Waals surface area contributed by atoms with E-state index in [4.69, 9.17) is 0 Å². The predicted molar refractivity (Wildman–Crippen MR) is 57.2 cm³/mol. The first-order chi connectivity index (χ1) is 8.74. The van der Waals surface area contributed by atoms with Crippen molar-refractivity contribution in [1.82, 2.24) is 0 Å². The van der Waals surface area contributed by atoms with Crippen LogP contribution in [0.4, 0.5) is 22.0 Å². The Morgan fingerprint density at radius 1 is 1.37 bits per heavy atom. The van der Waals surface area contributed by atoms with E-state index in [0.29, 0.717) is 0 Å². The molecule has 0 aliphatic heterocycles. The van der Waals surface area contributed by atoms with E-state index in [9.17, 15) is 26.7 Å². The maximum absolute atomic E-state index is 12.9. The number of hydrogen-bond acceptors (Lipinski definition) is 2. The van der Waals surface area contributed by atoms with Crippen LogP contribution in [0.5, 0.6) is 0 Å². The molecule has 0 fully saturated rings. The monoisotopic (exact) mass is 282 g/mol. The van der Waals surface area contributed by atoms with Gasteiger partial charge in [0.05, 0.1) is 0 Å². The van der Waals surface area contributed by atoms with Crippen molar-refractivity contribution in [3.05, 3.63) is 35.1 Å². The van der Waals surface area contributed by atoms with Gasteiger partial charge >= 0.3 is 12.3 Å². The molecule has 19 heavy (non-hydrogen) atoms. The Morgan fingerprint density at radius 2 is 2.00 bits per heavy atom. The van der Waals surface area contributed by atoms with Crippen molar-refractivity contribution in [1.29, 1.82) is 0 Å². The molecule has 2 nitrogen and oxygen atoms in total. The van der Waals surface area contributed by atoms with E-state index in [1.807, 2.05) is 0 Å². The number of ether oxygens (including phenoxy) is 1. The first-order valence-electron chi connectivity index (χ1n) is 5.27. The summed E-state index contributed by atoms with van der Waals surface area (Å²) < 4.78 is 65.8. The summed E-state index contributed by atoms with van der Waals surface area (Å²) in [6.07, 6.45) is -3.85. The van der Waals surface area contributed by atoms with Gasteiger partial charge in [0.1, 0.15) is 19.0 Å². The molecule has 0 spiro atoms. The Balaban J connectivity index is 2.54. The standard InChI is InChI=1S/C12H11F5O2/c1-7-4-8(2-3-9(7)13)10(18)5-19-6-12(16,17)11(14)15/h2-4,11H,5-6H2,1H3. The van der Waals surface area contributed by atoms with Gasteiger partial charge in [0.15, 0.2) is 5.78 Å². The van der Waals surface area contributed by atoms with Gasteiger partial charge in [0, 0.05) is 5.56 Å². The zero-order chi connectivity index (χ0) is 14.6. The minimum Gasteiger partial charge on any atom is -0.367 e. The highest BCUT2D eigenvalue weighted by molar-refractivity contribution is 5.97. The molecule has 0 aliphatic carbocycles. The van der Waals surface area contributed by atoms with E-state index in [0.717, 1.165) is 6.07 Å². The minimum atomic E-state index is -4.29. The molecule has 0 radical (unpaired) electrons. The number of rotatable bonds is 6. The lowest BCUT2D eigenvalue weighted by Crippen LogP contribution is -2.33. The van der Waals surface area contributed by atoms with E-state index < -0.39 is 37.2 Å². The Morgan fingerprint density at radius 3 is 2.53 bits per heavy atom. The number of aryl methyl sites for hydroxylation is 1. The van der Waals surface area contributed by atoms with Crippen LogP contribution in [0.25, 0.3) is 0 Å². The second kappa shape index (κ2) is 6.10. The van der Waals surface area contributed by atoms with Crippen molar-refractivity contribution in [3.63, 3.8) is 0 Å². The number of hydrogen-bond donors (Lipinski definition) is 0. The summed E-state index contributed by atoms with van der Waals surface area (Å²) in [5.74, 6) is -5.49. The highest BCUT2D eigenvalue weighted by atomic mass is 19.3. The number of carbonyl (C=O) groups excluding carboxylic acids is 1. The van der Waals surface area contributed by atoms with Gasteiger partial charge in [-0.05, 0) is 30.7 Å². The van der Waals surface area contributed by atoms with Crippen LogP contribution in [-0.2, 0) is 4.74 Å². The van der Waals surface area contributed by atoms with Crippen molar-refractivity contribution >= 4 is 5.78 Å². The van der Waals surface area contributed by atoms with Gasteiger partial charge in [-0.25, -0.2) is 13.2 Å². The van der Waals surface area contributed by atoms with Crippen molar-refractivity contribution in [3.8, 4) is 0 Å². The summed E-state index contributed by atoms with van der Waals surface area (Å²) in [5, 5.41) is 0. The van der Waals surface area contributed by atoms with Crippen molar-refractivity contribution in [2.75, 3.05) is 13.2 Å². The lowest BCUT2D eigenvalue weighted by atomic mass is 10.1. The van der Waals surface area contributed by atoms with Gasteiger partial charge in [0.2, 0.25) is 0 Å².